The quantitative estimate of drug-likeness (QED) is 0.201. The maximum Gasteiger partial charge on any atom is 0.343 e. The third-order valence-electron chi connectivity index (χ3n) is 6.55. The first-order valence-electron chi connectivity index (χ1n) is 14.3. The molecule has 0 spiro atoms. The number of carbonyl (C=O) groups excluding carboxylic acids is 3. The lowest BCUT2D eigenvalue weighted by molar-refractivity contribution is -0.143. The smallest absolute Gasteiger partial charge is 0.343 e. The number of hydrogen-bond acceptors (Lipinski definition) is 12. The van der Waals surface area contributed by atoms with Crippen LogP contribution in [0.4, 0.5) is 0 Å². The second kappa shape index (κ2) is 15.2. The highest BCUT2D eigenvalue weighted by atomic mass is 79.9. The monoisotopic (exact) mass is 716 g/mol. The van der Waals surface area contributed by atoms with Crippen LogP contribution in [0.15, 0.2) is 55.9 Å². The highest BCUT2D eigenvalue weighted by molar-refractivity contribution is 9.10. The minimum Gasteiger partial charge on any atom is -0.490 e. The summed E-state index contributed by atoms with van der Waals surface area (Å²) in [4.78, 5) is 55.8. The number of esters is 3. The number of methoxy groups -OCH3 is 1. The van der Waals surface area contributed by atoms with Crippen LogP contribution in [-0.4, -0.2) is 56.0 Å². The number of rotatable bonds is 12. The maximum atomic E-state index is 14.1. The van der Waals surface area contributed by atoms with Gasteiger partial charge in [0.1, 0.15) is 0 Å². The van der Waals surface area contributed by atoms with Gasteiger partial charge in [0, 0.05) is 6.92 Å². The lowest BCUT2D eigenvalue weighted by atomic mass is 9.95. The van der Waals surface area contributed by atoms with Crippen LogP contribution in [0.1, 0.15) is 51.8 Å². The lowest BCUT2D eigenvalue weighted by Crippen LogP contribution is -2.40. The van der Waals surface area contributed by atoms with Gasteiger partial charge in [-0.3, -0.25) is 14.2 Å². The first-order valence-corrected chi connectivity index (χ1v) is 15.9. The van der Waals surface area contributed by atoms with E-state index >= 15 is 0 Å². The molecule has 1 aliphatic rings. The third kappa shape index (κ3) is 7.50. The first-order chi connectivity index (χ1) is 22.0. The predicted octanol–water partition coefficient (Wildman–Crippen LogP) is 3.84. The predicted molar refractivity (Wildman–Crippen MR) is 172 cm³/mol. The Morgan fingerprint density at radius 2 is 1.72 bits per heavy atom. The van der Waals surface area contributed by atoms with E-state index in [0.717, 1.165) is 11.3 Å². The molecular weight excluding hydrogens is 684 g/mol. The molecule has 2 heterocycles. The number of nitrogens with zero attached hydrogens (tertiary/aromatic N) is 2. The number of carbonyl (C=O) groups is 3. The highest BCUT2D eigenvalue weighted by Gasteiger charge is 2.34. The van der Waals surface area contributed by atoms with Crippen molar-refractivity contribution in [1.29, 1.82) is 0 Å². The molecule has 3 aromatic rings. The van der Waals surface area contributed by atoms with Crippen molar-refractivity contribution in [3.8, 4) is 23.0 Å². The fourth-order valence-corrected chi connectivity index (χ4v) is 6.30. The van der Waals surface area contributed by atoms with Crippen LogP contribution < -0.4 is 33.8 Å². The van der Waals surface area contributed by atoms with Crippen molar-refractivity contribution in [2.75, 3.05) is 33.5 Å². The van der Waals surface area contributed by atoms with Gasteiger partial charge < -0.3 is 28.4 Å². The molecule has 14 heteroatoms. The molecule has 1 aliphatic heterocycles. The molecule has 0 fully saturated rings. The van der Waals surface area contributed by atoms with Crippen LogP contribution in [0.25, 0.3) is 6.08 Å². The van der Waals surface area contributed by atoms with Crippen LogP contribution in [0.2, 0.25) is 0 Å². The molecule has 0 radical (unpaired) electrons. The summed E-state index contributed by atoms with van der Waals surface area (Å²) >= 11 is 4.59. The topological polar surface area (TPSA) is 141 Å². The van der Waals surface area contributed by atoms with E-state index < -0.39 is 29.5 Å². The number of benzene rings is 2. The number of fused-ring (bicyclic) bond motifs is 1. The SMILES string of the molecule is CCOC(=O)C1=C(C)N=c2s/c(=C/c3cc(Br)c(OC(C)=O)c(OCC)c3)c(=O)n2[C@@H]1c1ccc(OCC(=O)OC)c(OCC)c1. The normalized spacial score (nSPS) is 14.2. The summed E-state index contributed by atoms with van der Waals surface area (Å²) in [5.41, 5.74) is 1.32. The van der Waals surface area contributed by atoms with Gasteiger partial charge in [0.05, 0.1) is 53.2 Å². The van der Waals surface area contributed by atoms with Crippen LogP contribution in [0.3, 0.4) is 0 Å². The standard InChI is InChI=1S/C32H33BrN2O10S/c1-7-41-23-15-20(10-11-22(23)44-16-26(37)40-6)28-27(31(39)43-9-3)17(4)34-32-35(28)30(38)25(46-32)14-19-12-21(33)29(45-18(5)36)24(13-19)42-8-2/h10-15,28H,7-9,16H2,1-6H3/b25-14+/t28-/m1/s1. The van der Waals surface area contributed by atoms with Crippen molar-refractivity contribution in [2.24, 2.45) is 4.99 Å². The van der Waals surface area contributed by atoms with Gasteiger partial charge in [-0.05, 0) is 85.1 Å². The number of allylic oxidation sites excluding steroid dienone is 1. The van der Waals surface area contributed by atoms with E-state index in [0.29, 0.717) is 48.7 Å². The number of thiazole rings is 1. The zero-order valence-electron chi connectivity index (χ0n) is 26.1. The van der Waals surface area contributed by atoms with Crippen molar-refractivity contribution >= 4 is 51.3 Å². The van der Waals surface area contributed by atoms with Gasteiger partial charge in [0.25, 0.3) is 5.56 Å². The van der Waals surface area contributed by atoms with Crippen molar-refractivity contribution in [3.63, 3.8) is 0 Å². The zero-order chi connectivity index (χ0) is 33.5. The second-order valence-electron chi connectivity index (χ2n) is 9.66. The summed E-state index contributed by atoms with van der Waals surface area (Å²) in [6.45, 7) is 8.66. The van der Waals surface area contributed by atoms with Crippen molar-refractivity contribution in [1.82, 2.24) is 4.57 Å². The van der Waals surface area contributed by atoms with Crippen LogP contribution in [-0.2, 0) is 23.9 Å². The lowest BCUT2D eigenvalue weighted by Gasteiger charge is -2.25. The molecule has 0 saturated carbocycles. The Labute approximate surface area is 277 Å². The van der Waals surface area contributed by atoms with E-state index in [4.69, 9.17) is 23.7 Å². The molecule has 244 valence electrons. The van der Waals surface area contributed by atoms with Crippen molar-refractivity contribution in [2.45, 2.75) is 40.7 Å². The molecule has 46 heavy (non-hydrogen) atoms. The molecule has 0 amide bonds. The Kier molecular flexibility index (Phi) is 11.4. The number of aromatic nitrogens is 1. The van der Waals surface area contributed by atoms with E-state index in [-0.39, 0.29) is 36.9 Å². The van der Waals surface area contributed by atoms with Crippen LogP contribution in [0.5, 0.6) is 23.0 Å². The molecule has 0 aliphatic carbocycles. The highest BCUT2D eigenvalue weighted by Crippen LogP contribution is 2.38. The Hall–Kier alpha value is -4.43. The fourth-order valence-electron chi connectivity index (χ4n) is 4.71. The zero-order valence-corrected chi connectivity index (χ0v) is 28.5. The van der Waals surface area contributed by atoms with Gasteiger partial charge in [-0.1, -0.05) is 17.4 Å². The largest absolute Gasteiger partial charge is 0.490 e. The van der Waals surface area contributed by atoms with Gasteiger partial charge in [0.2, 0.25) is 0 Å². The van der Waals surface area contributed by atoms with Crippen molar-refractivity contribution in [3.05, 3.63) is 76.9 Å². The van der Waals surface area contributed by atoms with Crippen LogP contribution >= 0.6 is 27.3 Å². The molecule has 0 unspecified atom stereocenters. The Balaban J connectivity index is 1.90. The Bertz CT molecular complexity index is 1880. The average molecular weight is 718 g/mol. The van der Waals surface area contributed by atoms with Crippen molar-refractivity contribution < 1.29 is 42.8 Å². The van der Waals surface area contributed by atoms with E-state index in [2.05, 4.69) is 25.7 Å². The molecule has 4 rings (SSSR count). The minimum absolute atomic E-state index is 0.123. The van der Waals surface area contributed by atoms with E-state index in [1.165, 1.54) is 18.6 Å². The molecule has 2 aromatic carbocycles. The van der Waals surface area contributed by atoms with Gasteiger partial charge in [-0.2, -0.15) is 0 Å². The Morgan fingerprint density at radius 3 is 2.37 bits per heavy atom. The maximum absolute atomic E-state index is 14.1. The minimum atomic E-state index is -0.914. The number of ether oxygens (including phenoxy) is 6. The molecular formula is C32H33BrN2O10S. The van der Waals surface area contributed by atoms with Gasteiger partial charge in [0.15, 0.2) is 34.4 Å². The van der Waals surface area contributed by atoms with Gasteiger partial charge in [-0.15, -0.1) is 0 Å². The fraction of sp³-hybridized carbons (Fsp3) is 0.344. The molecule has 1 atom stereocenters. The summed E-state index contributed by atoms with van der Waals surface area (Å²) in [7, 11) is 1.26. The summed E-state index contributed by atoms with van der Waals surface area (Å²) < 4.78 is 34.8. The van der Waals surface area contributed by atoms with E-state index in [1.54, 1.807) is 64.1 Å². The van der Waals surface area contributed by atoms with E-state index in [9.17, 15) is 19.2 Å². The molecule has 12 nitrogen and oxygen atoms in total. The van der Waals surface area contributed by atoms with Crippen LogP contribution in [0, 0.1) is 0 Å². The molecule has 0 bridgehead atoms. The third-order valence-corrected chi connectivity index (χ3v) is 8.12. The summed E-state index contributed by atoms with van der Waals surface area (Å²) in [5.74, 6) is -0.540. The average Bonchev–Trinajstić information content (AvgIpc) is 3.31. The molecule has 0 saturated heterocycles. The van der Waals surface area contributed by atoms with Gasteiger partial charge >= 0.3 is 17.9 Å². The Morgan fingerprint density at radius 1 is 1.00 bits per heavy atom. The molecule has 1 aromatic heterocycles. The number of hydrogen-bond donors (Lipinski definition) is 0. The first kappa shape index (κ1) is 34.4. The molecule has 0 N–H and O–H groups in total. The van der Waals surface area contributed by atoms with Gasteiger partial charge in [-0.25, -0.2) is 14.6 Å². The number of halogens is 1. The summed E-state index contributed by atoms with van der Waals surface area (Å²) in [5, 5.41) is 0. The van der Waals surface area contributed by atoms with E-state index in [1.807, 2.05) is 0 Å². The summed E-state index contributed by atoms with van der Waals surface area (Å²) in [6.07, 6.45) is 1.67. The summed E-state index contributed by atoms with van der Waals surface area (Å²) in [6, 6.07) is 7.41. The second-order valence-corrected chi connectivity index (χ2v) is 11.5.